The Hall–Kier alpha value is -3.03. The highest BCUT2D eigenvalue weighted by molar-refractivity contribution is 5.97. The van der Waals surface area contributed by atoms with E-state index in [9.17, 15) is 14.4 Å². The second-order valence-electron chi connectivity index (χ2n) is 4.50. The predicted molar refractivity (Wildman–Crippen MR) is 72.9 cm³/mol. The van der Waals surface area contributed by atoms with Crippen LogP contribution in [0.15, 0.2) is 30.6 Å². The second kappa shape index (κ2) is 5.76. The van der Waals surface area contributed by atoms with Gasteiger partial charge in [0.15, 0.2) is 6.61 Å². The van der Waals surface area contributed by atoms with Crippen molar-refractivity contribution < 1.29 is 23.9 Å². The van der Waals surface area contributed by atoms with Crippen molar-refractivity contribution in [3.8, 4) is 0 Å². The molecule has 0 bridgehead atoms. The molecule has 0 N–H and O–H groups in total. The topological polar surface area (TPSA) is 98.7 Å². The summed E-state index contributed by atoms with van der Waals surface area (Å²) in [6.45, 7) is -0.199. The van der Waals surface area contributed by atoms with Gasteiger partial charge in [0.2, 0.25) is 0 Å². The molecular formula is C14H11N3O5. The first kappa shape index (κ1) is 13.9. The van der Waals surface area contributed by atoms with E-state index >= 15 is 0 Å². The van der Waals surface area contributed by atoms with Gasteiger partial charge in [0.05, 0.1) is 23.1 Å². The van der Waals surface area contributed by atoms with E-state index in [1.807, 2.05) is 0 Å². The van der Waals surface area contributed by atoms with Crippen molar-refractivity contribution in [3.05, 3.63) is 36.2 Å². The predicted octanol–water partition coefficient (Wildman–Crippen LogP) is 0.765. The van der Waals surface area contributed by atoms with Crippen LogP contribution in [-0.2, 0) is 14.3 Å². The molecule has 1 aromatic heterocycles. The number of rotatable bonds is 3. The van der Waals surface area contributed by atoms with Gasteiger partial charge in [-0.2, -0.15) is 0 Å². The molecule has 2 heterocycles. The van der Waals surface area contributed by atoms with Gasteiger partial charge in [0.1, 0.15) is 6.61 Å². The molecule has 3 rings (SSSR count). The molecule has 1 saturated heterocycles. The fourth-order valence-corrected chi connectivity index (χ4v) is 2.00. The summed E-state index contributed by atoms with van der Waals surface area (Å²) in [5.41, 5.74) is 1.45. The maximum atomic E-state index is 11.9. The molecule has 0 aliphatic carbocycles. The van der Waals surface area contributed by atoms with Crippen LogP contribution in [0.2, 0.25) is 0 Å². The average Bonchev–Trinajstić information content (AvgIpc) is 2.98. The molecule has 0 atom stereocenters. The summed E-state index contributed by atoms with van der Waals surface area (Å²) < 4.78 is 9.55. The molecule has 0 saturated carbocycles. The first-order valence-corrected chi connectivity index (χ1v) is 6.50. The van der Waals surface area contributed by atoms with E-state index < -0.39 is 24.6 Å². The molecule has 2 amide bonds. The molecular weight excluding hydrogens is 290 g/mol. The average molecular weight is 301 g/mol. The van der Waals surface area contributed by atoms with Crippen LogP contribution in [0.1, 0.15) is 10.4 Å². The second-order valence-corrected chi connectivity index (χ2v) is 4.50. The van der Waals surface area contributed by atoms with Crippen LogP contribution in [0.3, 0.4) is 0 Å². The monoisotopic (exact) mass is 301 g/mol. The number of nitrogens with zero attached hydrogens (tertiary/aromatic N) is 3. The number of hydrogen-bond donors (Lipinski definition) is 0. The molecule has 2 aromatic rings. The number of carbonyl (C=O) groups is 3. The van der Waals surface area contributed by atoms with E-state index in [-0.39, 0.29) is 18.7 Å². The smallest absolute Gasteiger partial charge is 0.416 e. The number of cyclic esters (lactones) is 1. The minimum atomic E-state index is -0.720. The van der Waals surface area contributed by atoms with Gasteiger partial charge in [0, 0.05) is 12.4 Å². The molecule has 8 heteroatoms. The normalized spacial score (nSPS) is 14.0. The standard InChI is InChI=1S/C14H11N3O5/c18-12(17-5-6-21-14(17)20)8-22-13(19)9-1-2-10-11(7-9)16-4-3-15-10/h1-4,7H,5-6,8H2. The minimum Gasteiger partial charge on any atom is -0.452 e. The molecule has 1 aromatic carbocycles. The Bertz CT molecular complexity index is 761. The molecule has 1 aliphatic heterocycles. The fraction of sp³-hybridized carbons (Fsp3) is 0.214. The van der Waals surface area contributed by atoms with Crippen molar-refractivity contribution >= 4 is 29.0 Å². The molecule has 0 radical (unpaired) electrons. The number of benzene rings is 1. The van der Waals surface area contributed by atoms with E-state index in [4.69, 9.17) is 4.74 Å². The summed E-state index contributed by atoms with van der Waals surface area (Å²) in [6, 6.07) is 4.70. The van der Waals surface area contributed by atoms with Crippen LogP contribution in [0.5, 0.6) is 0 Å². The Morgan fingerprint density at radius 2 is 2.00 bits per heavy atom. The van der Waals surface area contributed by atoms with Gasteiger partial charge in [-0.15, -0.1) is 0 Å². The molecule has 0 unspecified atom stereocenters. The lowest BCUT2D eigenvalue weighted by atomic mass is 10.2. The number of carbonyl (C=O) groups excluding carboxylic acids is 3. The lowest BCUT2D eigenvalue weighted by Gasteiger charge is -2.10. The summed E-state index contributed by atoms with van der Waals surface area (Å²) in [7, 11) is 0. The largest absolute Gasteiger partial charge is 0.452 e. The number of imide groups is 1. The maximum Gasteiger partial charge on any atom is 0.416 e. The maximum absolute atomic E-state index is 11.9. The molecule has 22 heavy (non-hydrogen) atoms. The van der Waals surface area contributed by atoms with Gasteiger partial charge in [0.25, 0.3) is 5.91 Å². The van der Waals surface area contributed by atoms with Crippen molar-refractivity contribution in [2.24, 2.45) is 0 Å². The Morgan fingerprint density at radius 3 is 2.73 bits per heavy atom. The quantitative estimate of drug-likeness (QED) is 0.772. The number of amides is 2. The Labute approximate surface area is 124 Å². The van der Waals surface area contributed by atoms with Crippen LogP contribution in [0.25, 0.3) is 11.0 Å². The van der Waals surface area contributed by atoms with E-state index in [1.54, 1.807) is 12.3 Å². The zero-order valence-corrected chi connectivity index (χ0v) is 11.4. The van der Waals surface area contributed by atoms with Crippen LogP contribution in [-0.4, -0.2) is 52.6 Å². The van der Waals surface area contributed by atoms with Crippen LogP contribution in [0.4, 0.5) is 4.79 Å². The van der Waals surface area contributed by atoms with Crippen LogP contribution >= 0.6 is 0 Å². The van der Waals surface area contributed by atoms with Crippen molar-refractivity contribution in [3.63, 3.8) is 0 Å². The molecule has 1 aliphatic rings. The zero-order valence-electron chi connectivity index (χ0n) is 11.4. The number of hydrogen-bond acceptors (Lipinski definition) is 7. The highest BCUT2D eigenvalue weighted by atomic mass is 16.6. The summed E-state index contributed by atoms with van der Waals surface area (Å²) in [5, 5.41) is 0. The summed E-state index contributed by atoms with van der Waals surface area (Å²) in [4.78, 5) is 43.9. The Balaban J connectivity index is 1.65. The first-order chi connectivity index (χ1) is 10.6. The molecule has 1 fully saturated rings. The van der Waals surface area contributed by atoms with E-state index in [0.29, 0.717) is 11.0 Å². The van der Waals surface area contributed by atoms with Crippen molar-refractivity contribution in [1.82, 2.24) is 14.9 Å². The molecule has 0 spiro atoms. The molecule has 8 nitrogen and oxygen atoms in total. The number of fused-ring (bicyclic) bond motifs is 1. The van der Waals surface area contributed by atoms with E-state index in [0.717, 1.165) is 4.90 Å². The lowest BCUT2D eigenvalue weighted by molar-refractivity contribution is -0.131. The van der Waals surface area contributed by atoms with Crippen LogP contribution in [0, 0.1) is 0 Å². The van der Waals surface area contributed by atoms with Crippen molar-refractivity contribution in [2.75, 3.05) is 19.8 Å². The van der Waals surface area contributed by atoms with Crippen molar-refractivity contribution in [2.45, 2.75) is 0 Å². The zero-order chi connectivity index (χ0) is 15.5. The summed E-state index contributed by atoms with van der Waals surface area (Å²) in [5.74, 6) is -1.29. The van der Waals surface area contributed by atoms with Gasteiger partial charge in [-0.25, -0.2) is 14.5 Å². The summed E-state index contributed by atoms with van der Waals surface area (Å²) in [6.07, 6.45) is 2.34. The van der Waals surface area contributed by atoms with E-state index in [2.05, 4.69) is 14.7 Å². The van der Waals surface area contributed by atoms with Gasteiger partial charge in [-0.05, 0) is 18.2 Å². The third-order valence-corrected chi connectivity index (χ3v) is 3.09. The minimum absolute atomic E-state index is 0.155. The number of ether oxygens (including phenoxy) is 2. The fourth-order valence-electron chi connectivity index (χ4n) is 2.00. The van der Waals surface area contributed by atoms with Crippen LogP contribution < -0.4 is 0 Å². The SMILES string of the molecule is O=C(OCC(=O)N1CCOC1=O)c1ccc2nccnc2c1. The Kier molecular flexibility index (Phi) is 3.65. The number of esters is 1. The third-order valence-electron chi connectivity index (χ3n) is 3.09. The third kappa shape index (κ3) is 2.71. The molecule has 112 valence electrons. The van der Waals surface area contributed by atoms with Gasteiger partial charge in [-0.1, -0.05) is 0 Å². The Morgan fingerprint density at radius 1 is 1.23 bits per heavy atom. The summed E-state index contributed by atoms with van der Waals surface area (Å²) >= 11 is 0. The first-order valence-electron chi connectivity index (χ1n) is 6.50. The lowest BCUT2D eigenvalue weighted by Crippen LogP contribution is -2.35. The van der Waals surface area contributed by atoms with Crippen molar-refractivity contribution in [1.29, 1.82) is 0 Å². The number of aromatic nitrogens is 2. The van der Waals surface area contributed by atoms with Gasteiger partial charge in [-0.3, -0.25) is 14.8 Å². The van der Waals surface area contributed by atoms with E-state index in [1.165, 1.54) is 18.3 Å². The van der Waals surface area contributed by atoms with Gasteiger partial charge < -0.3 is 9.47 Å². The van der Waals surface area contributed by atoms with Gasteiger partial charge >= 0.3 is 12.1 Å². The highest BCUT2D eigenvalue weighted by Gasteiger charge is 2.29. The highest BCUT2D eigenvalue weighted by Crippen LogP contribution is 2.12.